The molecule has 1 nitrogen and oxygen atoms in total. The van der Waals surface area contributed by atoms with Crippen LogP contribution in [0.1, 0.15) is 19.4 Å². The molecule has 0 amide bonds. The second-order valence-electron chi connectivity index (χ2n) is 4.93. The predicted molar refractivity (Wildman–Crippen MR) is 78.8 cm³/mol. The molecule has 1 saturated heterocycles. The van der Waals surface area contributed by atoms with Crippen LogP contribution in [0.25, 0.3) is 0 Å². The summed E-state index contributed by atoms with van der Waals surface area (Å²) in [5.41, 5.74) is 0.254. The Bertz CT molecular complexity index is 441. The van der Waals surface area contributed by atoms with Gasteiger partial charge in [0.2, 0.25) is 0 Å². The fourth-order valence-corrected chi connectivity index (χ4v) is 5.08. The average Bonchev–Trinajstić information content (AvgIpc) is 2.37. The van der Waals surface area contributed by atoms with E-state index in [-0.39, 0.29) is 17.2 Å². The first-order chi connectivity index (χ1) is 8.97. The molecule has 19 heavy (non-hydrogen) atoms. The van der Waals surface area contributed by atoms with Gasteiger partial charge in [-0.1, -0.05) is 13.8 Å². The maximum Gasteiger partial charge on any atom is 0.126 e. The lowest BCUT2D eigenvalue weighted by Crippen LogP contribution is -2.35. The Kier molecular flexibility index (Phi) is 5.15. The van der Waals surface area contributed by atoms with Crippen LogP contribution < -0.4 is 0 Å². The Balaban J connectivity index is 2.01. The van der Waals surface area contributed by atoms with Gasteiger partial charge in [-0.25, -0.2) is 8.78 Å². The molecule has 0 spiro atoms. The van der Waals surface area contributed by atoms with E-state index < -0.39 is 17.7 Å². The molecule has 1 aromatic rings. The molecule has 1 N–H and O–H groups in total. The number of hydrogen-bond acceptors (Lipinski definition) is 3. The van der Waals surface area contributed by atoms with Crippen molar-refractivity contribution in [3.63, 3.8) is 0 Å². The van der Waals surface area contributed by atoms with Crippen LogP contribution in [0.4, 0.5) is 8.78 Å². The second kappa shape index (κ2) is 6.46. The van der Waals surface area contributed by atoms with Gasteiger partial charge < -0.3 is 5.11 Å². The fourth-order valence-electron chi connectivity index (χ4n) is 2.07. The molecule has 4 atom stereocenters. The third-order valence-electron chi connectivity index (χ3n) is 3.44. The SMILES string of the molecule is CC1SCC(C(O)Cc2cc(F)ccc2F)SC1C. The van der Waals surface area contributed by atoms with Gasteiger partial charge in [-0.15, -0.1) is 0 Å². The van der Waals surface area contributed by atoms with E-state index in [2.05, 4.69) is 13.8 Å². The molecular formula is C14H18F2OS2. The molecule has 0 radical (unpaired) electrons. The zero-order valence-electron chi connectivity index (χ0n) is 11.0. The van der Waals surface area contributed by atoms with Crippen LogP contribution in [0.3, 0.4) is 0 Å². The predicted octanol–water partition coefficient (Wildman–Crippen LogP) is 3.49. The van der Waals surface area contributed by atoms with E-state index in [9.17, 15) is 13.9 Å². The Labute approximate surface area is 121 Å². The van der Waals surface area contributed by atoms with Crippen molar-refractivity contribution in [2.24, 2.45) is 0 Å². The average molecular weight is 304 g/mol. The van der Waals surface area contributed by atoms with Gasteiger partial charge in [0.05, 0.1) is 6.10 Å². The highest BCUT2D eigenvalue weighted by atomic mass is 32.2. The molecule has 1 heterocycles. The highest BCUT2D eigenvalue weighted by Crippen LogP contribution is 2.37. The minimum atomic E-state index is -0.635. The number of hydrogen-bond donors (Lipinski definition) is 1. The molecule has 0 saturated carbocycles. The summed E-state index contributed by atoms with van der Waals surface area (Å²) in [6, 6.07) is 3.39. The first-order valence-electron chi connectivity index (χ1n) is 6.36. The van der Waals surface area contributed by atoms with Crippen LogP contribution in [-0.2, 0) is 6.42 Å². The normalized spacial score (nSPS) is 29.2. The van der Waals surface area contributed by atoms with Crippen molar-refractivity contribution < 1.29 is 13.9 Å². The topological polar surface area (TPSA) is 20.2 Å². The van der Waals surface area contributed by atoms with Crippen molar-refractivity contribution in [3.8, 4) is 0 Å². The molecule has 1 fully saturated rings. The van der Waals surface area contributed by atoms with E-state index in [0.29, 0.717) is 10.5 Å². The molecule has 5 heteroatoms. The second-order valence-corrected chi connectivity index (χ2v) is 7.96. The summed E-state index contributed by atoms with van der Waals surface area (Å²) in [4.78, 5) is 0. The third kappa shape index (κ3) is 3.86. The van der Waals surface area contributed by atoms with E-state index in [4.69, 9.17) is 0 Å². The lowest BCUT2D eigenvalue weighted by Gasteiger charge is -2.33. The molecule has 1 aromatic carbocycles. The van der Waals surface area contributed by atoms with E-state index >= 15 is 0 Å². The minimum Gasteiger partial charge on any atom is -0.392 e. The van der Waals surface area contributed by atoms with Gasteiger partial charge >= 0.3 is 0 Å². The molecule has 0 aliphatic carbocycles. The van der Waals surface area contributed by atoms with Gasteiger partial charge in [-0.05, 0) is 23.8 Å². The Morgan fingerprint density at radius 3 is 2.74 bits per heavy atom. The van der Waals surface area contributed by atoms with Crippen molar-refractivity contribution in [3.05, 3.63) is 35.4 Å². The number of aliphatic hydroxyl groups is 1. The lowest BCUT2D eigenvalue weighted by molar-refractivity contribution is 0.175. The Morgan fingerprint density at radius 2 is 2.05 bits per heavy atom. The zero-order chi connectivity index (χ0) is 14.0. The number of aliphatic hydroxyl groups excluding tert-OH is 1. The van der Waals surface area contributed by atoms with E-state index in [1.807, 2.05) is 11.8 Å². The molecule has 106 valence electrons. The van der Waals surface area contributed by atoms with Crippen molar-refractivity contribution in [2.75, 3.05) is 5.75 Å². The van der Waals surface area contributed by atoms with Crippen LogP contribution in [0.15, 0.2) is 18.2 Å². The van der Waals surface area contributed by atoms with Crippen molar-refractivity contribution in [1.82, 2.24) is 0 Å². The first-order valence-corrected chi connectivity index (χ1v) is 8.35. The Morgan fingerprint density at radius 1 is 1.32 bits per heavy atom. The highest BCUT2D eigenvalue weighted by Gasteiger charge is 2.30. The third-order valence-corrected chi connectivity index (χ3v) is 6.98. The van der Waals surface area contributed by atoms with E-state index in [1.165, 1.54) is 6.07 Å². The summed E-state index contributed by atoms with van der Waals surface area (Å²) in [7, 11) is 0. The number of thioether (sulfide) groups is 2. The number of benzene rings is 1. The summed E-state index contributed by atoms with van der Waals surface area (Å²) < 4.78 is 26.6. The number of rotatable bonds is 3. The van der Waals surface area contributed by atoms with Gasteiger partial charge in [0, 0.05) is 27.9 Å². The molecule has 1 aliphatic rings. The van der Waals surface area contributed by atoms with Crippen LogP contribution >= 0.6 is 23.5 Å². The fraction of sp³-hybridized carbons (Fsp3) is 0.571. The summed E-state index contributed by atoms with van der Waals surface area (Å²) in [6.07, 6.45) is -0.466. The van der Waals surface area contributed by atoms with E-state index in [1.54, 1.807) is 11.8 Å². The molecule has 4 unspecified atom stereocenters. The smallest absolute Gasteiger partial charge is 0.126 e. The monoisotopic (exact) mass is 304 g/mol. The van der Waals surface area contributed by atoms with Crippen LogP contribution in [0, 0.1) is 11.6 Å². The van der Waals surface area contributed by atoms with Crippen LogP contribution in [0.2, 0.25) is 0 Å². The molecular weight excluding hydrogens is 286 g/mol. The summed E-state index contributed by atoms with van der Waals surface area (Å²) in [5, 5.41) is 11.3. The summed E-state index contributed by atoms with van der Waals surface area (Å²) in [6.45, 7) is 4.32. The van der Waals surface area contributed by atoms with Crippen LogP contribution in [0.5, 0.6) is 0 Å². The van der Waals surface area contributed by atoms with Crippen molar-refractivity contribution >= 4 is 23.5 Å². The van der Waals surface area contributed by atoms with Gasteiger partial charge in [0.1, 0.15) is 11.6 Å². The zero-order valence-corrected chi connectivity index (χ0v) is 12.6. The Hall–Kier alpha value is -0.260. The van der Waals surface area contributed by atoms with E-state index in [0.717, 1.165) is 17.9 Å². The summed E-state index contributed by atoms with van der Waals surface area (Å²) in [5.74, 6) is -0.0551. The van der Waals surface area contributed by atoms with Crippen LogP contribution in [-0.4, -0.2) is 32.7 Å². The molecule has 2 rings (SSSR count). The molecule has 0 bridgehead atoms. The molecule has 1 aliphatic heterocycles. The number of halogens is 2. The standard InChI is InChI=1S/C14H18F2OS2/c1-8-9(2)19-14(7-18-8)13(17)6-10-5-11(15)3-4-12(10)16/h3-5,8-9,13-14,17H,6-7H2,1-2H3. The lowest BCUT2D eigenvalue weighted by atomic mass is 10.1. The maximum atomic E-state index is 13.5. The van der Waals surface area contributed by atoms with Crippen molar-refractivity contribution in [2.45, 2.75) is 42.1 Å². The van der Waals surface area contributed by atoms with Gasteiger partial charge in [0.25, 0.3) is 0 Å². The quantitative estimate of drug-likeness (QED) is 0.923. The van der Waals surface area contributed by atoms with Crippen molar-refractivity contribution in [1.29, 1.82) is 0 Å². The molecule has 0 aromatic heterocycles. The summed E-state index contributed by atoms with van der Waals surface area (Å²) >= 11 is 3.58. The van der Waals surface area contributed by atoms with Gasteiger partial charge in [-0.2, -0.15) is 23.5 Å². The maximum absolute atomic E-state index is 13.5. The highest BCUT2D eigenvalue weighted by molar-refractivity contribution is 8.07. The van der Waals surface area contributed by atoms with Gasteiger partial charge in [0.15, 0.2) is 0 Å². The minimum absolute atomic E-state index is 0.0823. The van der Waals surface area contributed by atoms with Gasteiger partial charge in [-0.3, -0.25) is 0 Å². The largest absolute Gasteiger partial charge is 0.392 e. The first kappa shape index (κ1) is 15.1.